The van der Waals surface area contributed by atoms with Crippen molar-refractivity contribution in [3.05, 3.63) is 12.2 Å². The van der Waals surface area contributed by atoms with Gasteiger partial charge in [-0.15, -0.1) is 11.8 Å². The van der Waals surface area contributed by atoms with E-state index in [0.717, 1.165) is 6.42 Å². The minimum absolute atomic E-state index is 0.0762. The predicted octanol–water partition coefficient (Wildman–Crippen LogP) is -0.125. The molecule has 2 aliphatic heterocycles. The number of carbonyl (C=O) groups excluding carboxylic acids is 2. The Bertz CT molecular complexity index is 505. The lowest BCUT2D eigenvalue weighted by atomic mass is 10.2. The van der Waals surface area contributed by atoms with Crippen LogP contribution in [0.1, 0.15) is 25.6 Å². The highest BCUT2D eigenvalue weighted by molar-refractivity contribution is 8.01. The summed E-state index contributed by atoms with van der Waals surface area (Å²) in [6.07, 6.45) is 2.76. The highest BCUT2D eigenvalue weighted by atomic mass is 32.2. The van der Waals surface area contributed by atoms with Gasteiger partial charge in [-0.25, -0.2) is 4.98 Å². The molecule has 2 saturated heterocycles. The molecule has 0 radical (unpaired) electrons. The average molecular weight is 281 g/mol. The first-order chi connectivity index (χ1) is 9.10. The number of hydrogen-bond donors (Lipinski definition) is 2. The average Bonchev–Trinajstić information content (AvgIpc) is 3.06. The summed E-state index contributed by atoms with van der Waals surface area (Å²) in [5, 5.41) is 9.20. The van der Waals surface area contributed by atoms with Crippen molar-refractivity contribution in [3.8, 4) is 0 Å². The molecule has 0 aliphatic carbocycles. The molecule has 2 N–H and O–H groups in total. The molecule has 2 aliphatic rings. The fourth-order valence-corrected chi connectivity index (χ4v) is 4.05. The van der Waals surface area contributed by atoms with Crippen LogP contribution in [0.15, 0.2) is 6.33 Å². The zero-order valence-corrected chi connectivity index (χ0v) is 11.4. The zero-order valence-electron chi connectivity index (χ0n) is 10.5. The van der Waals surface area contributed by atoms with Crippen molar-refractivity contribution in [2.45, 2.75) is 37.2 Å². The molecule has 2 unspecified atom stereocenters. The Morgan fingerprint density at radius 1 is 1.74 bits per heavy atom. The molecule has 7 nitrogen and oxygen atoms in total. The van der Waals surface area contributed by atoms with E-state index in [9.17, 15) is 9.59 Å². The number of nitrogens with one attached hydrogen (secondary N) is 2. The van der Waals surface area contributed by atoms with Crippen molar-refractivity contribution < 1.29 is 9.59 Å². The number of aromatic amines is 1. The Morgan fingerprint density at radius 3 is 3.32 bits per heavy atom. The third kappa shape index (κ3) is 2.09. The van der Waals surface area contributed by atoms with Gasteiger partial charge in [0.05, 0.1) is 11.4 Å². The van der Waals surface area contributed by atoms with E-state index in [-0.39, 0.29) is 22.7 Å². The molecule has 19 heavy (non-hydrogen) atoms. The summed E-state index contributed by atoms with van der Waals surface area (Å²) in [6, 6.07) is -0.368. The van der Waals surface area contributed by atoms with E-state index in [1.807, 2.05) is 6.92 Å². The first kappa shape index (κ1) is 12.5. The molecule has 8 heteroatoms. The van der Waals surface area contributed by atoms with Crippen LogP contribution in [-0.4, -0.2) is 48.6 Å². The van der Waals surface area contributed by atoms with E-state index in [2.05, 4.69) is 20.5 Å². The van der Waals surface area contributed by atoms with E-state index >= 15 is 0 Å². The van der Waals surface area contributed by atoms with Crippen LogP contribution in [0, 0.1) is 0 Å². The van der Waals surface area contributed by atoms with Crippen LogP contribution in [0.3, 0.4) is 0 Å². The molecule has 3 rings (SSSR count). The van der Waals surface area contributed by atoms with Crippen LogP contribution in [0.4, 0.5) is 0 Å². The SMILES string of the molecule is CC12CCC(=O)N1C(C(=O)NCc1ncn[nH]1)CS2. The third-order valence-electron chi connectivity index (χ3n) is 3.64. The van der Waals surface area contributed by atoms with E-state index in [1.165, 1.54) is 6.33 Å². The van der Waals surface area contributed by atoms with Crippen molar-refractivity contribution in [1.29, 1.82) is 0 Å². The summed E-state index contributed by atoms with van der Waals surface area (Å²) in [5.41, 5.74) is 0. The maximum Gasteiger partial charge on any atom is 0.244 e. The van der Waals surface area contributed by atoms with Crippen LogP contribution >= 0.6 is 11.8 Å². The van der Waals surface area contributed by atoms with Gasteiger partial charge in [-0.1, -0.05) is 0 Å². The van der Waals surface area contributed by atoms with Gasteiger partial charge in [0.15, 0.2) is 0 Å². The Kier molecular flexibility index (Phi) is 2.96. The maximum absolute atomic E-state index is 12.2. The first-order valence-corrected chi connectivity index (χ1v) is 7.17. The standard InChI is InChI=1S/C11H15N5O2S/c1-11-3-2-9(17)16(11)7(5-19-11)10(18)12-4-8-13-6-14-15-8/h6-7H,2-5H2,1H3,(H,12,18)(H,13,14,15). The zero-order chi connectivity index (χ0) is 13.5. The monoisotopic (exact) mass is 281 g/mol. The van der Waals surface area contributed by atoms with Gasteiger partial charge in [0, 0.05) is 12.2 Å². The fourth-order valence-electron chi connectivity index (χ4n) is 2.62. The van der Waals surface area contributed by atoms with Crippen LogP contribution < -0.4 is 5.32 Å². The van der Waals surface area contributed by atoms with Gasteiger partial charge in [-0.2, -0.15) is 5.10 Å². The number of aromatic nitrogens is 3. The fraction of sp³-hybridized carbons (Fsp3) is 0.636. The number of H-pyrrole nitrogens is 1. The number of rotatable bonds is 3. The molecule has 2 amide bonds. The first-order valence-electron chi connectivity index (χ1n) is 6.18. The van der Waals surface area contributed by atoms with Gasteiger partial charge in [0.2, 0.25) is 11.8 Å². The molecular formula is C11H15N5O2S. The molecule has 0 spiro atoms. The van der Waals surface area contributed by atoms with Crippen LogP contribution in [0.25, 0.3) is 0 Å². The molecule has 102 valence electrons. The van der Waals surface area contributed by atoms with Crippen LogP contribution in [0.5, 0.6) is 0 Å². The number of hydrogen-bond acceptors (Lipinski definition) is 5. The second-order valence-electron chi connectivity index (χ2n) is 4.92. The molecule has 3 heterocycles. The normalized spacial score (nSPS) is 29.6. The van der Waals surface area contributed by atoms with Crippen LogP contribution in [0.2, 0.25) is 0 Å². The Hall–Kier alpha value is -1.57. The molecule has 2 atom stereocenters. The van der Waals surface area contributed by atoms with E-state index in [0.29, 0.717) is 24.5 Å². The Morgan fingerprint density at radius 2 is 2.58 bits per heavy atom. The molecule has 0 bridgehead atoms. The summed E-state index contributed by atoms with van der Waals surface area (Å²) in [4.78, 5) is 29.6. The molecule has 0 aromatic carbocycles. The highest BCUT2D eigenvalue weighted by Crippen LogP contribution is 2.47. The number of thioether (sulfide) groups is 1. The second kappa shape index (κ2) is 4.52. The lowest BCUT2D eigenvalue weighted by molar-refractivity contribution is -0.138. The molecule has 2 fully saturated rings. The number of carbonyl (C=O) groups is 2. The second-order valence-corrected chi connectivity index (χ2v) is 6.42. The minimum atomic E-state index is -0.368. The molecule has 1 aromatic rings. The number of fused-ring (bicyclic) bond motifs is 1. The van der Waals surface area contributed by atoms with Crippen molar-refractivity contribution in [2.24, 2.45) is 0 Å². The lowest BCUT2D eigenvalue weighted by Gasteiger charge is -2.29. The van der Waals surface area contributed by atoms with Gasteiger partial charge in [-0.3, -0.25) is 14.7 Å². The van der Waals surface area contributed by atoms with Gasteiger partial charge < -0.3 is 10.2 Å². The summed E-state index contributed by atoms with van der Waals surface area (Å²) < 4.78 is 0. The predicted molar refractivity (Wildman–Crippen MR) is 69.0 cm³/mol. The quantitative estimate of drug-likeness (QED) is 0.805. The number of amides is 2. The van der Waals surface area contributed by atoms with E-state index < -0.39 is 0 Å². The van der Waals surface area contributed by atoms with Gasteiger partial charge in [0.1, 0.15) is 18.2 Å². The van der Waals surface area contributed by atoms with Gasteiger partial charge in [-0.05, 0) is 13.3 Å². The smallest absolute Gasteiger partial charge is 0.244 e. The minimum Gasteiger partial charge on any atom is -0.347 e. The maximum atomic E-state index is 12.2. The summed E-state index contributed by atoms with van der Waals surface area (Å²) in [5.74, 6) is 1.22. The van der Waals surface area contributed by atoms with E-state index in [4.69, 9.17) is 0 Å². The summed E-state index contributed by atoms with van der Waals surface area (Å²) >= 11 is 1.69. The van der Waals surface area contributed by atoms with Crippen molar-refractivity contribution in [1.82, 2.24) is 25.4 Å². The molecule has 0 saturated carbocycles. The number of nitrogens with zero attached hydrogens (tertiary/aromatic N) is 3. The van der Waals surface area contributed by atoms with Crippen molar-refractivity contribution >= 4 is 23.6 Å². The Balaban J connectivity index is 1.66. The largest absolute Gasteiger partial charge is 0.347 e. The van der Waals surface area contributed by atoms with Crippen molar-refractivity contribution in [3.63, 3.8) is 0 Å². The van der Waals surface area contributed by atoms with Gasteiger partial charge in [0.25, 0.3) is 0 Å². The topological polar surface area (TPSA) is 91.0 Å². The van der Waals surface area contributed by atoms with E-state index in [1.54, 1.807) is 16.7 Å². The molecule has 1 aromatic heterocycles. The third-order valence-corrected chi connectivity index (χ3v) is 5.15. The Labute approximate surface area is 114 Å². The van der Waals surface area contributed by atoms with Crippen molar-refractivity contribution in [2.75, 3.05) is 5.75 Å². The van der Waals surface area contributed by atoms with Gasteiger partial charge >= 0.3 is 0 Å². The highest BCUT2D eigenvalue weighted by Gasteiger charge is 2.52. The van der Waals surface area contributed by atoms with Crippen LogP contribution in [-0.2, 0) is 16.1 Å². The molecular weight excluding hydrogens is 266 g/mol. The summed E-state index contributed by atoms with van der Waals surface area (Å²) in [6.45, 7) is 2.34. The lowest BCUT2D eigenvalue weighted by Crippen LogP contribution is -2.49. The summed E-state index contributed by atoms with van der Waals surface area (Å²) in [7, 11) is 0.